The van der Waals surface area contributed by atoms with E-state index in [2.05, 4.69) is 45.2 Å². The van der Waals surface area contributed by atoms with Crippen LogP contribution in [0.1, 0.15) is 84.4 Å². The highest BCUT2D eigenvalue weighted by Crippen LogP contribution is 2.39. The summed E-state index contributed by atoms with van der Waals surface area (Å²) in [6.45, 7) is 19.2. The first kappa shape index (κ1) is 30.7. The van der Waals surface area contributed by atoms with Crippen LogP contribution >= 0.6 is 0 Å². The summed E-state index contributed by atoms with van der Waals surface area (Å²) in [7, 11) is -1.72. The molecule has 1 saturated heterocycles. The average molecular weight is 592 g/mol. The van der Waals surface area contributed by atoms with Gasteiger partial charge in [-0.1, -0.05) is 32.9 Å². The molecule has 0 unspecified atom stereocenters. The fourth-order valence-electron chi connectivity index (χ4n) is 5.31. The molecule has 0 atom stereocenters. The van der Waals surface area contributed by atoms with Gasteiger partial charge in [0.1, 0.15) is 5.60 Å². The lowest BCUT2D eigenvalue weighted by Crippen LogP contribution is -2.50. The summed E-state index contributed by atoms with van der Waals surface area (Å²) in [6, 6.07) is 6.48. The molecular weight excluding hydrogens is 542 g/mol. The van der Waals surface area contributed by atoms with Crippen LogP contribution in [0.4, 0.5) is 4.79 Å². The molecule has 2 heterocycles. The highest BCUT2D eigenvalue weighted by molar-refractivity contribution is 6.74. The van der Waals surface area contributed by atoms with E-state index in [4.69, 9.17) is 24.5 Å². The Bertz CT molecular complexity index is 1360. The van der Waals surface area contributed by atoms with Crippen molar-refractivity contribution in [2.24, 2.45) is 11.8 Å². The molecule has 5 rings (SSSR count). The van der Waals surface area contributed by atoms with Crippen molar-refractivity contribution < 1.29 is 14.0 Å². The van der Waals surface area contributed by atoms with Crippen LogP contribution in [0.3, 0.4) is 0 Å². The molecule has 1 aromatic carbocycles. The van der Waals surface area contributed by atoms with E-state index >= 15 is 0 Å². The van der Waals surface area contributed by atoms with Crippen molar-refractivity contribution in [1.82, 2.24) is 20.2 Å². The van der Waals surface area contributed by atoms with Crippen molar-refractivity contribution >= 4 is 36.7 Å². The second-order valence-corrected chi connectivity index (χ2v) is 19.9. The number of amides is 1. The van der Waals surface area contributed by atoms with E-state index in [1.807, 2.05) is 45.3 Å². The van der Waals surface area contributed by atoms with Gasteiger partial charge in [-0.2, -0.15) is 0 Å². The lowest BCUT2D eigenvalue weighted by molar-refractivity contribution is 0.00828. The minimum absolute atomic E-state index is 0.204. The van der Waals surface area contributed by atoms with Crippen LogP contribution in [0.25, 0.3) is 16.6 Å². The van der Waals surface area contributed by atoms with Gasteiger partial charge in [-0.3, -0.25) is 4.98 Å². The third-order valence-electron chi connectivity index (χ3n) is 9.31. The maximum atomic E-state index is 12.4. The van der Waals surface area contributed by atoms with Gasteiger partial charge in [0.25, 0.3) is 0 Å². The van der Waals surface area contributed by atoms with E-state index in [-0.39, 0.29) is 17.0 Å². The van der Waals surface area contributed by atoms with Crippen molar-refractivity contribution in [2.45, 2.75) is 103 Å². The summed E-state index contributed by atoms with van der Waals surface area (Å²) < 4.78 is 12.0. The quantitative estimate of drug-likeness (QED) is 0.238. The number of allylic oxidation sites excluding steroid dienone is 1. The maximum Gasteiger partial charge on any atom is 0.410 e. The Kier molecular flexibility index (Phi) is 8.31. The number of fused-ring (bicyclic) bond motifs is 1. The third kappa shape index (κ3) is 6.88. The molecule has 3 fully saturated rings. The first-order valence-electron chi connectivity index (χ1n) is 15.5. The first-order chi connectivity index (χ1) is 19.6. The smallest absolute Gasteiger partial charge is 0.410 e. The largest absolute Gasteiger partial charge is 0.444 e. The van der Waals surface area contributed by atoms with Gasteiger partial charge in [-0.05, 0) is 82.1 Å². The van der Waals surface area contributed by atoms with Crippen LogP contribution in [0.5, 0.6) is 0 Å². The zero-order valence-electron chi connectivity index (χ0n) is 26.7. The number of para-hydroxylation sites is 1. The topological polar surface area (TPSA) is 100 Å². The normalized spacial score (nSPS) is 22.0. The van der Waals surface area contributed by atoms with Crippen molar-refractivity contribution in [2.75, 3.05) is 19.7 Å². The molecule has 9 heteroatoms. The number of hydrogen-bond donors (Lipinski definition) is 2. The van der Waals surface area contributed by atoms with E-state index in [1.165, 1.54) is 0 Å². The summed E-state index contributed by atoms with van der Waals surface area (Å²) in [5, 5.41) is 12.7. The van der Waals surface area contributed by atoms with E-state index in [0.29, 0.717) is 36.7 Å². The zero-order valence-corrected chi connectivity index (χ0v) is 27.7. The summed E-state index contributed by atoms with van der Waals surface area (Å²) in [5.74, 6) is 1.10. The predicted molar refractivity (Wildman–Crippen MR) is 171 cm³/mol. The SMILES string of the molecule is CC(C)(C)OC(=O)N1CC(c2cccc3nc(/C(=C/NC4CC(CO[Si](C)(C)C(C)(C)C)C4)C(=N)C4CC4)cnc23)C1. The van der Waals surface area contributed by atoms with Gasteiger partial charge in [-0.15, -0.1) is 0 Å². The predicted octanol–water partition coefficient (Wildman–Crippen LogP) is 7.12. The monoisotopic (exact) mass is 591 g/mol. The Morgan fingerprint density at radius 1 is 1.14 bits per heavy atom. The van der Waals surface area contributed by atoms with Gasteiger partial charge in [0, 0.05) is 55.1 Å². The highest BCUT2D eigenvalue weighted by Gasteiger charge is 2.39. The third-order valence-corrected chi connectivity index (χ3v) is 13.8. The first-order valence-corrected chi connectivity index (χ1v) is 18.4. The number of likely N-dealkylation sites (tertiary alicyclic amines) is 1. The molecule has 1 aromatic heterocycles. The number of nitrogens with one attached hydrogen (secondary N) is 2. The van der Waals surface area contributed by atoms with Crippen LogP contribution in [-0.4, -0.2) is 66.3 Å². The van der Waals surface area contributed by atoms with E-state index in [0.717, 1.165) is 60.2 Å². The number of hydrogen-bond acceptors (Lipinski definition) is 7. The fourth-order valence-corrected chi connectivity index (χ4v) is 6.39. The number of rotatable bonds is 9. The molecule has 1 amide bonds. The van der Waals surface area contributed by atoms with E-state index < -0.39 is 13.9 Å². The van der Waals surface area contributed by atoms with E-state index in [9.17, 15) is 4.79 Å². The molecule has 2 N–H and O–H groups in total. The summed E-state index contributed by atoms with van der Waals surface area (Å²) >= 11 is 0. The summed E-state index contributed by atoms with van der Waals surface area (Å²) in [4.78, 5) is 24.0. The highest BCUT2D eigenvalue weighted by atomic mass is 28.4. The van der Waals surface area contributed by atoms with Crippen molar-refractivity contribution in [3.05, 3.63) is 41.9 Å². The number of aromatic nitrogens is 2. The Morgan fingerprint density at radius 2 is 1.83 bits per heavy atom. The molecule has 2 aliphatic carbocycles. The summed E-state index contributed by atoms with van der Waals surface area (Å²) in [6.07, 6.45) is 7.86. The van der Waals surface area contributed by atoms with Gasteiger partial charge in [0.2, 0.25) is 0 Å². The molecule has 8 nitrogen and oxygen atoms in total. The van der Waals surface area contributed by atoms with Gasteiger partial charge in [0.15, 0.2) is 8.32 Å². The second kappa shape index (κ2) is 11.4. The Balaban J connectivity index is 1.24. The van der Waals surface area contributed by atoms with Crippen LogP contribution in [0.15, 0.2) is 30.6 Å². The maximum absolute atomic E-state index is 12.4. The van der Waals surface area contributed by atoms with Crippen LogP contribution in [-0.2, 0) is 9.16 Å². The fraction of sp³-hybridized carbons (Fsp3) is 0.636. The number of benzene rings is 1. The Labute approximate surface area is 252 Å². The molecule has 2 aromatic rings. The molecule has 1 aliphatic heterocycles. The average Bonchev–Trinajstić information content (AvgIpc) is 3.67. The van der Waals surface area contributed by atoms with Crippen LogP contribution in [0.2, 0.25) is 18.1 Å². The Morgan fingerprint density at radius 3 is 2.45 bits per heavy atom. The second-order valence-electron chi connectivity index (χ2n) is 15.1. The number of ether oxygens (including phenoxy) is 1. The van der Waals surface area contributed by atoms with Crippen LogP contribution in [0, 0.1) is 17.2 Å². The number of carbonyl (C=O) groups is 1. The molecule has 3 aliphatic rings. The van der Waals surface area contributed by atoms with Crippen molar-refractivity contribution in [3.63, 3.8) is 0 Å². The zero-order chi connectivity index (χ0) is 30.4. The molecule has 0 radical (unpaired) electrons. The van der Waals surface area contributed by atoms with Gasteiger partial charge < -0.3 is 24.8 Å². The molecular formula is C33H49N5O3Si. The van der Waals surface area contributed by atoms with Gasteiger partial charge in [0.05, 0.1) is 22.9 Å². The van der Waals surface area contributed by atoms with Gasteiger partial charge in [-0.25, -0.2) is 9.78 Å². The number of nitrogens with zero attached hydrogens (tertiary/aromatic N) is 3. The molecule has 0 bridgehead atoms. The van der Waals surface area contributed by atoms with Crippen molar-refractivity contribution in [1.29, 1.82) is 5.41 Å². The molecule has 2 saturated carbocycles. The minimum Gasteiger partial charge on any atom is -0.444 e. The lowest BCUT2D eigenvalue weighted by Gasteiger charge is -2.41. The number of carbonyl (C=O) groups excluding carboxylic acids is 1. The van der Waals surface area contributed by atoms with Crippen molar-refractivity contribution in [3.8, 4) is 0 Å². The lowest BCUT2D eigenvalue weighted by atomic mass is 9.81. The van der Waals surface area contributed by atoms with E-state index in [1.54, 1.807) is 4.90 Å². The Hall–Kier alpha value is -2.78. The van der Waals surface area contributed by atoms with Crippen LogP contribution < -0.4 is 5.32 Å². The molecule has 42 heavy (non-hydrogen) atoms. The van der Waals surface area contributed by atoms with Gasteiger partial charge >= 0.3 is 6.09 Å². The summed E-state index contributed by atoms with van der Waals surface area (Å²) in [5.41, 5.74) is 4.52. The minimum atomic E-state index is -1.72. The molecule has 228 valence electrons. The molecule has 0 spiro atoms. The standard InChI is InChI=1S/C33H49N5O3Si/c1-32(2,3)41-31(39)38-18-23(19-38)25-10-9-11-27-30(25)36-17-28(37-27)26(29(34)22-12-13-22)16-35-24-14-21(15-24)20-40-42(7,8)33(4,5)6/h9-11,16-17,21-24,34-35H,12-15,18-20H2,1-8H3/b26-16-,34-29?.